The van der Waals surface area contributed by atoms with Gasteiger partial charge in [-0.1, -0.05) is 31.5 Å². The minimum absolute atomic E-state index is 0.0710. The molecule has 0 spiro atoms. The van der Waals surface area contributed by atoms with Gasteiger partial charge >= 0.3 is 0 Å². The number of sulfonamides is 1. The number of piperidine rings is 1. The predicted molar refractivity (Wildman–Crippen MR) is 120 cm³/mol. The van der Waals surface area contributed by atoms with Crippen molar-refractivity contribution in [2.45, 2.75) is 38.6 Å². The Morgan fingerprint density at radius 3 is 2.53 bits per heavy atom. The average Bonchev–Trinajstić information content (AvgIpc) is 2.67. The van der Waals surface area contributed by atoms with Gasteiger partial charge in [-0.05, 0) is 48.6 Å². The highest BCUT2D eigenvalue weighted by Gasteiger charge is 2.27. The highest BCUT2D eigenvalue weighted by atomic mass is 35.5. The van der Waals surface area contributed by atoms with E-state index in [-0.39, 0.29) is 17.9 Å². The molecule has 1 saturated heterocycles. The fourth-order valence-corrected chi connectivity index (χ4v) is 4.61. The van der Waals surface area contributed by atoms with Gasteiger partial charge in [-0.2, -0.15) is 0 Å². The van der Waals surface area contributed by atoms with Gasteiger partial charge in [0.15, 0.2) is 0 Å². The quantitative estimate of drug-likeness (QED) is 0.699. The van der Waals surface area contributed by atoms with Crippen LogP contribution in [0.1, 0.15) is 48.5 Å². The molecule has 1 aromatic heterocycles. The van der Waals surface area contributed by atoms with Crippen molar-refractivity contribution in [3.8, 4) is 0 Å². The minimum Gasteiger partial charge on any atom is -0.340 e. The first-order valence-corrected chi connectivity index (χ1v) is 12.2. The molecule has 3 rings (SSSR count). The number of nitrogens with one attached hydrogen (secondary N) is 2. The third kappa shape index (κ3) is 5.93. The second-order valence-corrected chi connectivity index (χ2v) is 10.1. The molecular formula is C21H27ClN4O3S. The van der Waals surface area contributed by atoms with Crippen molar-refractivity contribution in [3.63, 3.8) is 0 Å². The molecule has 0 atom stereocenters. The number of likely N-dealkylation sites (tertiary alicyclic amines) is 1. The third-order valence-electron chi connectivity index (χ3n) is 5.05. The van der Waals surface area contributed by atoms with Gasteiger partial charge in [0.05, 0.1) is 11.8 Å². The molecule has 0 aliphatic carbocycles. The maximum Gasteiger partial charge on any atom is 0.255 e. The molecule has 1 aliphatic heterocycles. The number of halogens is 1. The number of nitrogens with zero attached hydrogens (tertiary/aromatic N) is 2. The molecule has 1 fully saturated rings. The minimum atomic E-state index is -3.24. The van der Waals surface area contributed by atoms with Crippen molar-refractivity contribution in [2.75, 3.05) is 24.7 Å². The first-order valence-electron chi connectivity index (χ1n) is 9.91. The zero-order chi connectivity index (χ0) is 21.9. The van der Waals surface area contributed by atoms with Gasteiger partial charge in [-0.15, -0.1) is 0 Å². The largest absolute Gasteiger partial charge is 0.340 e. The third-order valence-corrected chi connectivity index (χ3v) is 6.04. The zero-order valence-electron chi connectivity index (χ0n) is 17.4. The van der Waals surface area contributed by atoms with Gasteiger partial charge in [-0.25, -0.2) is 18.1 Å². The molecule has 1 aliphatic rings. The van der Waals surface area contributed by atoms with Crippen LogP contribution in [-0.4, -0.2) is 49.6 Å². The summed E-state index contributed by atoms with van der Waals surface area (Å²) in [6.45, 7) is 5.09. The molecule has 162 valence electrons. The number of rotatable bonds is 6. The Morgan fingerprint density at radius 2 is 1.93 bits per heavy atom. The molecule has 7 nitrogen and oxygen atoms in total. The van der Waals surface area contributed by atoms with E-state index < -0.39 is 10.0 Å². The molecule has 0 radical (unpaired) electrons. The van der Waals surface area contributed by atoms with E-state index in [9.17, 15) is 13.2 Å². The van der Waals surface area contributed by atoms with E-state index in [2.05, 4.69) is 15.0 Å². The Balaban J connectivity index is 1.74. The number of carbonyl (C=O) groups excluding carboxylic acids is 1. The lowest BCUT2D eigenvalue weighted by Crippen LogP contribution is -2.46. The molecule has 1 amide bonds. The number of hydrogen-bond donors (Lipinski definition) is 2. The Bertz CT molecular complexity index is 1020. The summed E-state index contributed by atoms with van der Waals surface area (Å²) >= 11 is 6.04. The highest BCUT2D eigenvalue weighted by Crippen LogP contribution is 2.26. The Morgan fingerprint density at radius 1 is 1.23 bits per heavy atom. The van der Waals surface area contributed by atoms with Crippen molar-refractivity contribution < 1.29 is 13.2 Å². The second kappa shape index (κ2) is 9.32. The van der Waals surface area contributed by atoms with Gasteiger partial charge < -0.3 is 10.2 Å². The molecule has 1 aromatic carbocycles. The second-order valence-electron chi connectivity index (χ2n) is 7.90. The fourth-order valence-electron chi connectivity index (χ4n) is 3.58. The monoisotopic (exact) mass is 450 g/mol. The summed E-state index contributed by atoms with van der Waals surface area (Å²) in [5, 5.41) is 3.86. The van der Waals surface area contributed by atoms with Crippen LogP contribution in [0.2, 0.25) is 5.02 Å². The lowest BCUT2D eigenvalue weighted by molar-refractivity contribution is 0.0709. The Hall–Kier alpha value is -2.16. The van der Waals surface area contributed by atoms with Crippen LogP contribution in [0.3, 0.4) is 0 Å². The molecular weight excluding hydrogens is 424 g/mol. The van der Waals surface area contributed by atoms with E-state index in [0.717, 1.165) is 17.5 Å². The topological polar surface area (TPSA) is 91.4 Å². The number of carbonyl (C=O) groups is 1. The van der Waals surface area contributed by atoms with Gasteiger partial charge in [0, 0.05) is 36.0 Å². The van der Waals surface area contributed by atoms with Crippen LogP contribution in [0.25, 0.3) is 0 Å². The number of amides is 1. The first kappa shape index (κ1) is 22.5. The van der Waals surface area contributed by atoms with Gasteiger partial charge in [0.25, 0.3) is 5.91 Å². The molecule has 2 N–H and O–H groups in total. The summed E-state index contributed by atoms with van der Waals surface area (Å²) in [4.78, 5) is 19.3. The Labute approximate surface area is 182 Å². The Kier molecular flexibility index (Phi) is 7.00. The van der Waals surface area contributed by atoms with E-state index in [4.69, 9.17) is 11.6 Å². The molecule has 2 heterocycles. The smallest absolute Gasteiger partial charge is 0.255 e. The average molecular weight is 451 g/mol. The van der Waals surface area contributed by atoms with E-state index >= 15 is 0 Å². The van der Waals surface area contributed by atoms with Crippen LogP contribution in [0.15, 0.2) is 36.5 Å². The van der Waals surface area contributed by atoms with Crippen LogP contribution in [0, 0.1) is 0 Å². The van der Waals surface area contributed by atoms with Crippen LogP contribution >= 0.6 is 11.6 Å². The predicted octanol–water partition coefficient (Wildman–Crippen LogP) is 3.76. The summed E-state index contributed by atoms with van der Waals surface area (Å²) in [5.41, 5.74) is 2.32. The number of aromatic nitrogens is 1. The van der Waals surface area contributed by atoms with Crippen molar-refractivity contribution in [3.05, 3.63) is 52.7 Å². The summed E-state index contributed by atoms with van der Waals surface area (Å²) in [5.74, 6) is 0.711. The van der Waals surface area contributed by atoms with Crippen molar-refractivity contribution in [2.24, 2.45) is 0 Å². The zero-order valence-corrected chi connectivity index (χ0v) is 18.9. The standard InChI is InChI=1S/C21H27ClN4O3S/c1-14(2)18-12-20(24-17-6-4-5-15(22)11-17)23-13-19(18)21(27)26-9-7-16(8-10-26)25-30(3,28)29/h4-6,11-14,16,25H,7-10H2,1-3H3,(H,23,24). The lowest BCUT2D eigenvalue weighted by atomic mass is 9.97. The summed E-state index contributed by atoms with van der Waals surface area (Å²) in [7, 11) is -3.24. The maximum absolute atomic E-state index is 13.1. The molecule has 9 heteroatoms. The lowest BCUT2D eigenvalue weighted by Gasteiger charge is -2.32. The molecule has 2 aromatic rings. The van der Waals surface area contributed by atoms with Gasteiger partial charge in [0.1, 0.15) is 5.82 Å². The normalized spacial score (nSPS) is 15.4. The van der Waals surface area contributed by atoms with Crippen LogP contribution < -0.4 is 10.0 Å². The van der Waals surface area contributed by atoms with Crippen LogP contribution in [0.5, 0.6) is 0 Å². The van der Waals surface area contributed by atoms with Crippen molar-refractivity contribution in [1.82, 2.24) is 14.6 Å². The van der Waals surface area contributed by atoms with Crippen LogP contribution in [-0.2, 0) is 10.0 Å². The number of pyridine rings is 1. The van der Waals surface area contributed by atoms with E-state index in [0.29, 0.717) is 42.3 Å². The molecule has 0 saturated carbocycles. The van der Waals surface area contributed by atoms with Gasteiger partial charge in [0.2, 0.25) is 10.0 Å². The SMILES string of the molecule is CC(C)c1cc(Nc2cccc(Cl)c2)ncc1C(=O)N1CCC(NS(C)(=O)=O)CC1. The number of hydrogen-bond acceptors (Lipinski definition) is 5. The summed E-state index contributed by atoms with van der Waals surface area (Å²) in [6.07, 6.45) is 3.96. The van der Waals surface area contributed by atoms with E-state index in [1.54, 1.807) is 17.2 Å². The summed E-state index contributed by atoms with van der Waals surface area (Å²) < 4.78 is 25.5. The van der Waals surface area contributed by atoms with Crippen molar-refractivity contribution >= 4 is 39.0 Å². The fraction of sp³-hybridized carbons (Fsp3) is 0.429. The summed E-state index contributed by atoms with van der Waals surface area (Å²) in [6, 6.07) is 9.14. The van der Waals surface area contributed by atoms with Crippen molar-refractivity contribution in [1.29, 1.82) is 0 Å². The highest BCUT2D eigenvalue weighted by molar-refractivity contribution is 7.88. The first-order chi connectivity index (χ1) is 14.1. The maximum atomic E-state index is 13.1. The number of benzene rings is 1. The number of anilines is 2. The molecule has 0 bridgehead atoms. The van der Waals surface area contributed by atoms with E-state index in [1.165, 1.54) is 0 Å². The van der Waals surface area contributed by atoms with E-state index in [1.807, 2.05) is 38.1 Å². The molecule has 0 unspecified atom stereocenters. The molecule has 30 heavy (non-hydrogen) atoms. The van der Waals surface area contributed by atoms with Gasteiger partial charge in [-0.3, -0.25) is 4.79 Å². The van der Waals surface area contributed by atoms with Crippen LogP contribution in [0.4, 0.5) is 11.5 Å².